The van der Waals surface area contributed by atoms with Gasteiger partial charge in [0.05, 0.1) is 11.2 Å². The number of aryl methyl sites for hydroxylation is 1. The van der Waals surface area contributed by atoms with Crippen LogP contribution in [0.5, 0.6) is 0 Å². The molecule has 1 aromatic heterocycles. The van der Waals surface area contributed by atoms with Crippen molar-refractivity contribution in [3.05, 3.63) is 30.0 Å². The summed E-state index contributed by atoms with van der Waals surface area (Å²) in [4.78, 5) is 0. The minimum Gasteiger partial charge on any atom is -0.397 e. The first-order chi connectivity index (χ1) is 6.77. The third-order valence-corrected chi connectivity index (χ3v) is 2.84. The molecule has 2 rings (SSSR count). The van der Waals surface area contributed by atoms with Crippen molar-refractivity contribution in [3.63, 3.8) is 0 Å². The third kappa shape index (κ3) is 1.28. The van der Waals surface area contributed by atoms with E-state index in [9.17, 15) is 0 Å². The second-order valence-electron chi connectivity index (χ2n) is 3.32. The van der Waals surface area contributed by atoms with Gasteiger partial charge in [-0.15, -0.1) is 0 Å². The maximum absolute atomic E-state index is 5.95. The normalized spacial score (nSPS) is 11.0. The van der Waals surface area contributed by atoms with E-state index in [1.54, 1.807) is 0 Å². The number of hydrogen-bond donors (Lipinski definition) is 2. The van der Waals surface area contributed by atoms with Gasteiger partial charge in [0.2, 0.25) is 0 Å². The van der Waals surface area contributed by atoms with Gasteiger partial charge < -0.3 is 10.3 Å². The standard InChI is InChI=1S/C11H14N2S/c1-2-13-9(7-14)6-8-4-3-5-10(12)11(8)13/h3-6,14H,2,7,12H2,1H3. The van der Waals surface area contributed by atoms with Crippen LogP contribution in [0.25, 0.3) is 10.9 Å². The Bertz CT molecular complexity index is 460. The summed E-state index contributed by atoms with van der Waals surface area (Å²) in [5.74, 6) is 0.752. The minimum absolute atomic E-state index is 0.752. The molecule has 2 nitrogen and oxygen atoms in total. The maximum Gasteiger partial charge on any atom is 0.0716 e. The molecule has 0 saturated heterocycles. The van der Waals surface area contributed by atoms with Gasteiger partial charge in [-0.25, -0.2) is 0 Å². The van der Waals surface area contributed by atoms with E-state index in [0.717, 1.165) is 23.5 Å². The van der Waals surface area contributed by atoms with Crippen LogP contribution in [0.1, 0.15) is 12.6 Å². The van der Waals surface area contributed by atoms with Crippen LogP contribution in [0.3, 0.4) is 0 Å². The molecule has 0 fully saturated rings. The number of fused-ring (bicyclic) bond motifs is 1. The van der Waals surface area contributed by atoms with Crippen molar-refractivity contribution in [1.29, 1.82) is 0 Å². The highest BCUT2D eigenvalue weighted by Gasteiger charge is 2.07. The molecule has 0 aliphatic heterocycles. The lowest BCUT2D eigenvalue weighted by Gasteiger charge is -2.06. The Morgan fingerprint density at radius 1 is 1.43 bits per heavy atom. The van der Waals surface area contributed by atoms with Crippen LogP contribution in [0.15, 0.2) is 24.3 Å². The molecule has 14 heavy (non-hydrogen) atoms. The second-order valence-corrected chi connectivity index (χ2v) is 3.64. The number of para-hydroxylation sites is 1. The molecule has 0 amide bonds. The fourth-order valence-electron chi connectivity index (χ4n) is 1.90. The molecule has 74 valence electrons. The summed E-state index contributed by atoms with van der Waals surface area (Å²) in [6.07, 6.45) is 0. The molecule has 0 saturated carbocycles. The SMILES string of the molecule is CCn1c(CS)cc2cccc(N)c21. The van der Waals surface area contributed by atoms with Crippen LogP contribution in [0.4, 0.5) is 5.69 Å². The minimum atomic E-state index is 0.752. The molecule has 0 aliphatic rings. The zero-order valence-corrected chi connectivity index (χ0v) is 9.09. The average molecular weight is 206 g/mol. The Morgan fingerprint density at radius 3 is 2.86 bits per heavy atom. The van der Waals surface area contributed by atoms with Gasteiger partial charge in [-0.3, -0.25) is 0 Å². The molecule has 2 N–H and O–H groups in total. The first-order valence-electron chi connectivity index (χ1n) is 4.75. The molecule has 3 heteroatoms. The van der Waals surface area contributed by atoms with Crippen LogP contribution < -0.4 is 5.73 Å². The van der Waals surface area contributed by atoms with Gasteiger partial charge in [-0.2, -0.15) is 12.6 Å². The zero-order chi connectivity index (χ0) is 10.1. The van der Waals surface area contributed by atoms with Crippen LogP contribution in [-0.4, -0.2) is 4.57 Å². The number of nitrogens with zero attached hydrogens (tertiary/aromatic N) is 1. The fourth-order valence-corrected chi connectivity index (χ4v) is 2.16. The topological polar surface area (TPSA) is 30.9 Å². The smallest absolute Gasteiger partial charge is 0.0716 e. The summed E-state index contributed by atoms with van der Waals surface area (Å²) in [7, 11) is 0. The Balaban J connectivity index is 2.81. The number of anilines is 1. The first kappa shape index (κ1) is 9.46. The lowest BCUT2D eigenvalue weighted by atomic mass is 10.2. The molecule has 0 radical (unpaired) electrons. The van der Waals surface area contributed by atoms with Crippen LogP contribution >= 0.6 is 12.6 Å². The molecule has 0 unspecified atom stereocenters. The van der Waals surface area contributed by atoms with Gasteiger partial charge >= 0.3 is 0 Å². The van der Waals surface area contributed by atoms with Crippen molar-refractivity contribution in [2.24, 2.45) is 0 Å². The molecule has 1 aromatic carbocycles. The van der Waals surface area contributed by atoms with E-state index in [0.29, 0.717) is 0 Å². The van der Waals surface area contributed by atoms with Crippen LogP contribution in [-0.2, 0) is 12.3 Å². The molecular formula is C11H14N2S. The number of aromatic nitrogens is 1. The van der Waals surface area contributed by atoms with Crippen molar-refractivity contribution >= 4 is 29.2 Å². The van der Waals surface area contributed by atoms with Crippen LogP contribution in [0, 0.1) is 0 Å². The Hall–Kier alpha value is -1.09. The highest BCUT2D eigenvalue weighted by Crippen LogP contribution is 2.25. The molecule has 0 bridgehead atoms. The summed E-state index contributed by atoms with van der Waals surface area (Å²) < 4.78 is 2.22. The van der Waals surface area contributed by atoms with Gasteiger partial charge in [0, 0.05) is 23.4 Å². The first-order valence-corrected chi connectivity index (χ1v) is 5.38. The average Bonchev–Trinajstić information content (AvgIpc) is 2.56. The van der Waals surface area contributed by atoms with Crippen molar-refractivity contribution in [3.8, 4) is 0 Å². The lowest BCUT2D eigenvalue weighted by Crippen LogP contribution is -2.00. The number of nitrogen functional groups attached to an aromatic ring is 1. The number of nitrogens with two attached hydrogens (primary N) is 1. The molecular weight excluding hydrogens is 192 g/mol. The molecule has 2 aromatic rings. The van der Waals surface area contributed by atoms with E-state index in [4.69, 9.17) is 5.73 Å². The highest BCUT2D eigenvalue weighted by atomic mass is 32.1. The summed E-state index contributed by atoms with van der Waals surface area (Å²) >= 11 is 4.32. The lowest BCUT2D eigenvalue weighted by molar-refractivity contribution is 0.767. The quantitative estimate of drug-likeness (QED) is 0.574. The van der Waals surface area contributed by atoms with Crippen LogP contribution in [0.2, 0.25) is 0 Å². The summed E-state index contributed by atoms with van der Waals surface area (Å²) in [6.45, 7) is 3.06. The van der Waals surface area contributed by atoms with Gasteiger partial charge in [0.15, 0.2) is 0 Å². The highest BCUT2D eigenvalue weighted by molar-refractivity contribution is 7.79. The number of benzene rings is 1. The van der Waals surface area contributed by atoms with Crippen molar-refractivity contribution in [2.45, 2.75) is 19.2 Å². The van der Waals surface area contributed by atoms with Gasteiger partial charge in [-0.05, 0) is 19.1 Å². The van der Waals surface area contributed by atoms with Crippen molar-refractivity contribution < 1.29 is 0 Å². The molecule has 0 atom stereocenters. The summed E-state index contributed by atoms with van der Waals surface area (Å²) in [5, 5.41) is 1.20. The van der Waals surface area contributed by atoms with E-state index in [-0.39, 0.29) is 0 Å². The number of hydrogen-bond acceptors (Lipinski definition) is 2. The molecule has 0 aliphatic carbocycles. The van der Waals surface area contributed by atoms with Gasteiger partial charge in [-0.1, -0.05) is 12.1 Å². The summed E-state index contributed by atoms with van der Waals surface area (Å²) in [5.41, 5.74) is 9.16. The monoisotopic (exact) mass is 206 g/mol. The Morgan fingerprint density at radius 2 is 2.21 bits per heavy atom. The maximum atomic E-state index is 5.95. The van der Waals surface area contributed by atoms with Gasteiger partial charge in [0.1, 0.15) is 0 Å². The molecule has 0 spiro atoms. The molecule has 1 heterocycles. The summed E-state index contributed by atoms with van der Waals surface area (Å²) in [6, 6.07) is 8.17. The number of thiol groups is 1. The second kappa shape index (κ2) is 3.58. The predicted octanol–water partition coefficient (Wildman–Crippen LogP) is 2.67. The van der Waals surface area contributed by atoms with E-state index < -0.39 is 0 Å². The fraction of sp³-hybridized carbons (Fsp3) is 0.273. The number of rotatable bonds is 2. The van der Waals surface area contributed by atoms with E-state index in [2.05, 4.69) is 36.3 Å². The Kier molecular flexibility index (Phi) is 2.42. The zero-order valence-electron chi connectivity index (χ0n) is 8.20. The van der Waals surface area contributed by atoms with E-state index in [1.165, 1.54) is 11.1 Å². The van der Waals surface area contributed by atoms with Crippen molar-refractivity contribution in [1.82, 2.24) is 4.57 Å². The van der Waals surface area contributed by atoms with Gasteiger partial charge in [0.25, 0.3) is 0 Å². The van der Waals surface area contributed by atoms with Crippen molar-refractivity contribution in [2.75, 3.05) is 5.73 Å². The third-order valence-electron chi connectivity index (χ3n) is 2.52. The Labute approximate surface area is 89.1 Å². The van der Waals surface area contributed by atoms with E-state index >= 15 is 0 Å². The predicted molar refractivity (Wildman–Crippen MR) is 64.7 cm³/mol. The van der Waals surface area contributed by atoms with E-state index in [1.807, 2.05) is 12.1 Å². The largest absolute Gasteiger partial charge is 0.397 e.